The predicted molar refractivity (Wildman–Crippen MR) is 73.5 cm³/mol. The standard InChI is InChI=1S/C13H16ClNOS/c14-8-12(10-4-2-1-3-5-10)15-13(16)11-6-7-17-9-11/h1-5,11-12H,6-9H2,(H,15,16). The summed E-state index contributed by atoms with van der Waals surface area (Å²) in [4.78, 5) is 12.0. The van der Waals surface area contributed by atoms with Crippen molar-refractivity contribution in [1.29, 1.82) is 0 Å². The number of carbonyl (C=O) groups excluding carboxylic acids is 1. The molecule has 1 aliphatic heterocycles. The molecule has 1 aliphatic rings. The molecule has 1 fully saturated rings. The van der Waals surface area contributed by atoms with Crippen molar-refractivity contribution in [1.82, 2.24) is 5.32 Å². The fourth-order valence-electron chi connectivity index (χ4n) is 1.93. The highest BCUT2D eigenvalue weighted by atomic mass is 35.5. The zero-order chi connectivity index (χ0) is 12.1. The monoisotopic (exact) mass is 269 g/mol. The summed E-state index contributed by atoms with van der Waals surface area (Å²) >= 11 is 7.78. The minimum atomic E-state index is -0.0732. The lowest BCUT2D eigenvalue weighted by Gasteiger charge is -2.18. The summed E-state index contributed by atoms with van der Waals surface area (Å²) < 4.78 is 0. The number of carbonyl (C=O) groups is 1. The van der Waals surface area contributed by atoms with Crippen LogP contribution < -0.4 is 5.32 Å². The van der Waals surface area contributed by atoms with Gasteiger partial charge in [-0.15, -0.1) is 11.6 Å². The van der Waals surface area contributed by atoms with E-state index >= 15 is 0 Å². The van der Waals surface area contributed by atoms with Gasteiger partial charge in [-0.05, 0) is 17.7 Å². The van der Waals surface area contributed by atoms with Crippen LogP contribution >= 0.6 is 23.4 Å². The van der Waals surface area contributed by atoms with E-state index in [0.29, 0.717) is 5.88 Å². The SMILES string of the molecule is O=C(NC(CCl)c1ccccc1)C1CCSC1. The fourth-order valence-corrected chi connectivity index (χ4v) is 3.40. The van der Waals surface area contributed by atoms with Crippen LogP contribution in [0.1, 0.15) is 18.0 Å². The molecule has 1 N–H and O–H groups in total. The van der Waals surface area contributed by atoms with Crippen molar-refractivity contribution in [2.75, 3.05) is 17.4 Å². The van der Waals surface area contributed by atoms with E-state index in [1.807, 2.05) is 42.1 Å². The van der Waals surface area contributed by atoms with Gasteiger partial charge in [-0.2, -0.15) is 11.8 Å². The van der Waals surface area contributed by atoms with E-state index in [4.69, 9.17) is 11.6 Å². The third kappa shape index (κ3) is 3.39. The number of hydrogen-bond acceptors (Lipinski definition) is 2. The van der Waals surface area contributed by atoms with Crippen molar-refractivity contribution in [2.45, 2.75) is 12.5 Å². The second-order valence-electron chi connectivity index (χ2n) is 4.19. The Hall–Kier alpha value is -0.670. The van der Waals surface area contributed by atoms with Gasteiger partial charge in [-0.3, -0.25) is 4.79 Å². The minimum absolute atomic E-state index is 0.0732. The molecule has 0 bridgehead atoms. The molecule has 1 saturated heterocycles. The first-order valence-electron chi connectivity index (χ1n) is 5.80. The topological polar surface area (TPSA) is 29.1 Å². The molecule has 17 heavy (non-hydrogen) atoms. The van der Waals surface area contributed by atoms with Gasteiger partial charge in [0.2, 0.25) is 5.91 Å². The van der Waals surface area contributed by atoms with Crippen molar-refractivity contribution in [3.63, 3.8) is 0 Å². The van der Waals surface area contributed by atoms with Crippen LogP contribution in [0, 0.1) is 5.92 Å². The van der Waals surface area contributed by atoms with Crippen LogP contribution in [0.5, 0.6) is 0 Å². The number of benzene rings is 1. The molecule has 0 radical (unpaired) electrons. The quantitative estimate of drug-likeness (QED) is 0.852. The maximum Gasteiger partial charge on any atom is 0.224 e. The Bertz CT molecular complexity index is 365. The highest BCUT2D eigenvalue weighted by molar-refractivity contribution is 7.99. The first-order valence-corrected chi connectivity index (χ1v) is 7.49. The van der Waals surface area contributed by atoms with Crippen LogP contribution in [-0.2, 0) is 4.79 Å². The lowest BCUT2D eigenvalue weighted by molar-refractivity contribution is -0.124. The Kier molecular flexibility index (Phi) is 4.75. The van der Waals surface area contributed by atoms with Crippen LogP contribution in [0.4, 0.5) is 0 Å². The summed E-state index contributed by atoms with van der Waals surface area (Å²) in [5.41, 5.74) is 1.07. The van der Waals surface area contributed by atoms with Gasteiger partial charge in [-0.25, -0.2) is 0 Å². The normalized spacial score (nSPS) is 21.1. The first kappa shape index (κ1) is 12.8. The van der Waals surface area contributed by atoms with E-state index in [1.165, 1.54) is 0 Å². The van der Waals surface area contributed by atoms with E-state index in [-0.39, 0.29) is 17.9 Å². The first-order chi connectivity index (χ1) is 8.31. The summed E-state index contributed by atoms with van der Waals surface area (Å²) in [6.07, 6.45) is 0.986. The Morgan fingerprint density at radius 1 is 1.47 bits per heavy atom. The molecule has 2 atom stereocenters. The Morgan fingerprint density at radius 2 is 2.24 bits per heavy atom. The highest BCUT2D eigenvalue weighted by Crippen LogP contribution is 2.24. The molecule has 4 heteroatoms. The molecule has 0 saturated carbocycles. The Morgan fingerprint density at radius 3 is 2.82 bits per heavy atom. The summed E-state index contributed by atoms with van der Waals surface area (Å²) in [5, 5.41) is 3.04. The number of thioether (sulfide) groups is 1. The molecule has 2 unspecified atom stereocenters. The molecule has 0 aliphatic carbocycles. The largest absolute Gasteiger partial charge is 0.348 e. The van der Waals surface area contributed by atoms with Crippen LogP contribution in [0.25, 0.3) is 0 Å². The van der Waals surface area contributed by atoms with E-state index in [2.05, 4.69) is 5.32 Å². The summed E-state index contributed by atoms with van der Waals surface area (Å²) in [6, 6.07) is 9.81. The van der Waals surface area contributed by atoms with Crippen molar-refractivity contribution in [3.8, 4) is 0 Å². The number of rotatable bonds is 4. The third-order valence-electron chi connectivity index (χ3n) is 2.97. The molecule has 2 rings (SSSR count). The van der Waals surface area contributed by atoms with Crippen molar-refractivity contribution < 1.29 is 4.79 Å². The van der Waals surface area contributed by atoms with Crippen LogP contribution in [-0.4, -0.2) is 23.3 Å². The van der Waals surface area contributed by atoms with Crippen LogP contribution in [0.3, 0.4) is 0 Å². The minimum Gasteiger partial charge on any atom is -0.348 e. The molecule has 92 valence electrons. The third-order valence-corrected chi connectivity index (χ3v) is 4.44. The van der Waals surface area contributed by atoms with Gasteiger partial charge in [0.15, 0.2) is 0 Å². The van der Waals surface area contributed by atoms with Gasteiger partial charge in [0.1, 0.15) is 0 Å². The summed E-state index contributed by atoms with van der Waals surface area (Å²) in [7, 11) is 0. The molecule has 1 aromatic rings. The maximum atomic E-state index is 12.0. The average molecular weight is 270 g/mol. The molecule has 1 heterocycles. The molecule has 2 nitrogen and oxygen atoms in total. The zero-order valence-corrected chi connectivity index (χ0v) is 11.1. The van der Waals surface area contributed by atoms with Crippen molar-refractivity contribution in [3.05, 3.63) is 35.9 Å². The Balaban J connectivity index is 1.97. The number of halogens is 1. The van der Waals surface area contributed by atoms with E-state index < -0.39 is 0 Å². The zero-order valence-electron chi connectivity index (χ0n) is 9.56. The average Bonchev–Trinajstić information content (AvgIpc) is 2.90. The highest BCUT2D eigenvalue weighted by Gasteiger charge is 2.25. The van der Waals surface area contributed by atoms with Gasteiger partial charge in [0.25, 0.3) is 0 Å². The lowest BCUT2D eigenvalue weighted by atomic mass is 10.1. The summed E-state index contributed by atoms with van der Waals surface area (Å²) in [5.74, 6) is 2.75. The second kappa shape index (κ2) is 6.31. The molecule has 0 aromatic heterocycles. The molecular formula is C13H16ClNOS. The van der Waals surface area contributed by atoms with Gasteiger partial charge in [-0.1, -0.05) is 30.3 Å². The van der Waals surface area contributed by atoms with Crippen molar-refractivity contribution in [2.24, 2.45) is 5.92 Å². The molecular weight excluding hydrogens is 254 g/mol. The molecule has 1 aromatic carbocycles. The number of amides is 1. The van der Waals surface area contributed by atoms with Crippen molar-refractivity contribution >= 4 is 29.3 Å². The van der Waals surface area contributed by atoms with Crippen LogP contribution in [0.2, 0.25) is 0 Å². The Labute approximate surface area is 111 Å². The predicted octanol–water partition coefficient (Wildman–Crippen LogP) is 2.84. The van der Waals surface area contributed by atoms with E-state index in [9.17, 15) is 4.79 Å². The number of hydrogen-bond donors (Lipinski definition) is 1. The van der Waals surface area contributed by atoms with Gasteiger partial charge < -0.3 is 5.32 Å². The number of nitrogens with one attached hydrogen (secondary N) is 1. The molecule has 1 amide bonds. The number of alkyl halides is 1. The smallest absolute Gasteiger partial charge is 0.224 e. The van der Waals surface area contributed by atoms with E-state index in [0.717, 1.165) is 23.5 Å². The van der Waals surface area contributed by atoms with Gasteiger partial charge in [0.05, 0.1) is 6.04 Å². The van der Waals surface area contributed by atoms with Crippen LogP contribution in [0.15, 0.2) is 30.3 Å². The van der Waals surface area contributed by atoms with Gasteiger partial charge in [0, 0.05) is 17.6 Å². The molecule has 0 spiro atoms. The second-order valence-corrected chi connectivity index (χ2v) is 5.65. The van der Waals surface area contributed by atoms with E-state index in [1.54, 1.807) is 0 Å². The lowest BCUT2D eigenvalue weighted by Crippen LogP contribution is -2.34. The van der Waals surface area contributed by atoms with Gasteiger partial charge >= 0.3 is 0 Å². The fraction of sp³-hybridized carbons (Fsp3) is 0.462. The summed E-state index contributed by atoms with van der Waals surface area (Å²) in [6.45, 7) is 0. The maximum absolute atomic E-state index is 12.0.